The number of carbonyl (C=O) groups excluding carboxylic acids is 1. The predicted molar refractivity (Wildman–Crippen MR) is 72.4 cm³/mol. The molecule has 0 bridgehead atoms. The third-order valence-electron chi connectivity index (χ3n) is 2.73. The Hall–Kier alpha value is -0.760. The van der Waals surface area contributed by atoms with E-state index in [0.717, 1.165) is 18.4 Å². The van der Waals surface area contributed by atoms with Gasteiger partial charge in [0.25, 0.3) is 0 Å². The Morgan fingerprint density at radius 1 is 1.38 bits per heavy atom. The minimum absolute atomic E-state index is 0.251. The average molecular weight is 236 g/mol. The van der Waals surface area contributed by atoms with Crippen LogP contribution in [0.15, 0.2) is 24.3 Å². The van der Waals surface area contributed by atoms with Crippen LogP contribution in [0.4, 0.5) is 0 Å². The molecule has 0 spiro atoms. The Labute approximate surface area is 103 Å². The maximum absolute atomic E-state index is 11.9. The van der Waals surface area contributed by atoms with Gasteiger partial charge in [-0.25, -0.2) is 0 Å². The zero-order valence-corrected chi connectivity index (χ0v) is 11.1. The van der Waals surface area contributed by atoms with Gasteiger partial charge in [-0.15, -0.1) is 0 Å². The maximum Gasteiger partial charge on any atom is 0.172 e. The summed E-state index contributed by atoms with van der Waals surface area (Å²) in [6, 6.07) is 7.97. The Morgan fingerprint density at radius 3 is 2.75 bits per heavy atom. The number of ketones is 1. The SMILES string of the molecule is CCc1cccc(C(=O)CSC(C)CC)c1. The fraction of sp³-hybridized carbons (Fsp3) is 0.500. The van der Waals surface area contributed by atoms with Crippen LogP contribution in [0, 0.1) is 0 Å². The van der Waals surface area contributed by atoms with E-state index in [1.165, 1.54) is 5.56 Å². The summed E-state index contributed by atoms with van der Waals surface area (Å²) >= 11 is 1.74. The minimum Gasteiger partial charge on any atom is -0.293 e. The lowest BCUT2D eigenvalue weighted by atomic mass is 10.1. The van der Waals surface area contributed by atoms with Crippen molar-refractivity contribution in [2.45, 2.75) is 38.9 Å². The molecule has 88 valence electrons. The normalized spacial score (nSPS) is 12.4. The van der Waals surface area contributed by atoms with Gasteiger partial charge in [-0.05, 0) is 24.5 Å². The summed E-state index contributed by atoms with van der Waals surface area (Å²) in [4.78, 5) is 11.9. The van der Waals surface area contributed by atoms with E-state index in [2.05, 4.69) is 26.8 Å². The molecule has 1 aromatic carbocycles. The van der Waals surface area contributed by atoms with Gasteiger partial charge in [-0.2, -0.15) is 11.8 Å². The van der Waals surface area contributed by atoms with Crippen molar-refractivity contribution in [1.29, 1.82) is 0 Å². The van der Waals surface area contributed by atoms with E-state index in [0.29, 0.717) is 11.0 Å². The molecule has 0 radical (unpaired) electrons. The van der Waals surface area contributed by atoms with Crippen LogP contribution in [0.5, 0.6) is 0 Å². The van der Waals surface area contributed by atoms with Crippen LogP contribution < -0.4 is 0 Å². The van der Waals surface area contributed by atoms with Crippen molar-refractivity contribution in [3.05, 3.63) is 35.4 Å². The minimum atomic E-state index is 0.251. The second-order valence-electron chi connectivity index (χ2n) is 4.01. The molecule has 0 aliphatic rings. The van der Waals surface area contributed by atoms with E-state index in [1.54, 1.807) is 11.8 Å². The summed E-state index contributed by atoms with van der Waals surface area (Å²) in [6.45, 7) is 6.43. The highest BCUT2D eigenvalue weighted by Crippen LogP contribution is 2.16. The number of rotatable bonds is 6. The molecule has 0 heterocycles. The molecule has 0 aliphatic carbocycles. The number of benzene rings is 1. The van der Waals surface area contributed by atoms with Crippen LogP contribution >= 0.6 is 11.8 Å². The highest BCUT2D eigenvalue weighted by molar-refractivity contribution is 8.00. The second kappa shape index (κ2) is 6.74. The molecule has 1 nitrogen and oxygen atoms in total. The van der Waals surface area contributed by atoms with Crippen LogP contribution in [0.1, 0.15) is 43.1 Å². The van der Waals surface area contributed by atoms with Gasteiger partial charge < -0.3 is 0 Å². The highest BCUT2D eigenvalue weighted by atomic mass is 32.2. The first-order valence-electron chi connectivity index (χ1n) is 5.91. The largest absolute Gasteiger partial charge is 0.293 e. The van der Waals surface area contributed by atoms with E-state index in [1.807, 2.05) is 18.2 Å². The summed E-state index contributed by atoms with van der Waals surface area (Å²) in [5, 5.41) is 0.568. The maximum atomic E-state index is 11.9. The fourth-order valence-electron chi connectivity index (χ4n) is 1.38. The molecule has 0 amide bonds. The molecular formula is C14H20OS. The van der Waals surface area contributed by atoms with Gasteiger partial charge in [0.05, 0.1) is 5.75 Å². The van der Waals surface area contributed by atoms with E-state index in [4.69, 9.17) is 0 Å². The smallest absolute Gasteiger partial charge is 0.172 e. The lowest BCUT2D eigenvalue weighted by Crippen LogP contribution is -2.06. The number of hydrogen-bond donors (Lipinski definition) is 0. The standard InChI is InChI=1S/C14H20OS/c1-4-11(3)16-10-14(15)13-8-6-7-12(5-2)9-13/h6-9,11H,4-5,10H2,1-3H3. The molecule has 0 saturated carbocycles. The monoisotopic (exact) mass is 236 g/mol. The molecule has 2 heteroatoms. The van der Waals surface area contributed by atoms with Crippen molar-refractivity contribution in [2.24, 2.45) is 0 Å². The summed E-state index contributed by atoms with van der Waals surface area (Å²) in [5.74, 6) is 0.850. The lowest BCUT2D eigenvalue weighted by Gasteiger charge is -2.07. The highest BCUT2D eigenvalue weighted by Gasteiger charge is 2.08. The van der Waals surface area contributed by atoms with Crippen molar-refractivity contribution in [3.8, 4) is 0 Å². The number of hydrogen-bond acceptors (Lipinski definition) is 2. The van der Waals surface area contributed by atoms with Gasteiger partial charge in [0.2, 0.25) is 0 Å². The first-order valence-corrected chi connectivity index (χ1v) is 6.96. The molecular weight excluding hydrogens is 216 g/mol. The molecule has 1 rings (SSSR count). The zero-order chi connectivity index (χ0) is 12.0. The number of aryl methyl sites for hydroxylation is 1. The van der Waals surface area contributed by atoms with Crippen molar-refractivity contribution < 1.29 is 4.79 Å². The van der Waals surface area contributed by atoms with Gasteiger partial charge >= 0.3 is 0 Å². The topological polar surface area (TPSA) is 17.1 Å². The second-order valence-corrected chi connectivity index (χ2v) is 5.43. The molecule has 16 heavy (non-hydrogen) atoms. The molecule has 0 fully saturated rings. The molecule has 1 aromatic rings. The molecule has 1 atom stereocenters. The summed E-state index contributed by atoms with van der Waals surface area (Å²) in [5.41, 5.74) is 2.09. The number of carbonyl (C=O) groups is 1. The number of thioether (sulfide) groups is 1. The number of Topliss-reactive ketones (excluding diaryl/α,β-unsaturated/α-hetero) is 1. The first-order chi connectivity index (χ1) is 7.67. The van der Waals surface area contributed by atoms with E-state index < -0.39 is 0 Å². The Kier molecular flexibility index (Phi) is 5.61. The van der Waals surface area contributed by atoms with Gasteiger partial charge in [-0.3, -0.25) is 4.79 Å². The summed E-state index contributed by atoms with van der Waals surface area (Å²) < 4.78 is 0. The summed E-state index contributed by atoms with van der Waals surface area (Å²) in [6.07, 6.45) is 2.10. The summed E-state index contributed by atoms with van der Waals surface area (Å²) in [7, 11) is 0. The molecule has 1 unspecified atom stereocenters. The Bertz CT molecular complexity index is 346. The van der Waals surface area contributed by atoms with Crippen LogP contribution in [0.3, 0.4) is 0 Å². The van der Waals surface area contributed by atoms with Gasteiger partial charge in [-0.1, -0.05) is 39.0 Å². The fourth-order valence-corrected chi connectivity index (χ4v) is 2.22. The van der Waals surface area contributed by atoms with Crippen LogP contribution in [-0.4, -0.2) is 16.8 Å². The quantitative estimate of drug-likeness (QED) is 0.695. The van der Waals surface area contributed by atoms with Crippen LogP contribution in [0.25, 0.3) is 0 Å². The van der Waals surface area contributed by atoms with E-state index >= 15 is 0 Å². The van der Waals surface area contributed by atoms with Gasteiger partial charge in [0, 0.05) is 10.8 Å². The van der Waals surface area contributed by atoms with Crippen LogP contribution in [-0.2, 0) is 6.42 Å². The Morgan fingerprint density at radius 2 is 2.12 bits per heavy atom. The zero-order valence-electron chi connectivity index (χ0n) is 10.3. The Balaban J connectivity index is 2.58. The van der Waals surface area contributed by atoms with E-state index in [-0.39, 0.29) is 5.78 Å². The molecule has 0 aliphatic heterocycles. The van der Waals surface area contributed by atoms with Crippen molar-refractivity contribution in [2.75, 3.05) is 5.75 Å². The van der Waals surface area contributed by atoms with Crippen LogP contribution in [0.2, 0.25) is 0 Å². The lowest BCUT2D eigenvalue weighted by molar-refractivity contribution is 0.102. The predicted octanol–water partition coefficient (Wildman–Crippen LogP) is 3.96. The molecule has 0 N–H and O–H groups in total. The van der Waals surface area contributed by atoms with E-state index in [9.17, 15) is 4.79 Å². The molecule has 0 aromatic heterocycles. The van der Waals surface area contributed by atoms with Gasteiger partial charge in [0.15, 0.2) is 5.78 Å². The van der Waals surface area contributed by atoms with Crippen molar-refractivity contribution >= 4 is 17.5 Å². The van der Waals surface area contributed by atoms with Crippen molar-refractivity contribution in [1.82, 2.24) is 0 Å². The first kappa shape index (κ1) is 13.3. The third-order valence-corrected chi connectivity index (χ3v) is 4.06. The molecule has 0 saturated heterocycles. The van der Waals surface area contributed by atoms with Gasteiger partial charge in [0.1, 0.15) is 0 Å². The van der Waals surface area contributed by atoms with Crippen molar-refractivity contribution in [3.63, 3.8) is 0 Å². The average Bonchev–Trinajstić information content (AvgIpc) is 2.35. The third kappa shape index (κ3) is 4.01.